The lowest BCUT2D eigenvalue weighted by Crippen LogP contribution is -2.36. The monoisotopic (exact) mass is 209 g/mol. The molecule has 2 N–H and O–H groups in total. The van der Waals surface area contributed by atoms with Gasteiger partial charge in [0.25, 0.3) is 0 Å². The number of aliphatic hydroxyl groups is 1. The van der Waals surface area contributed by atoms with Crippen LogP contribution in [0.5, 0.6) is 0 Å². The van der Waals surface area contributed by atoms with Gasteiger partial charge in [-0.1, -0.05) is 0 Å². The predicted molar refractivity (Wildman–Crippen MR) is 58.6 cm³/mol. The van der Waals surface area contributed by atoms with E-state index < -0.39 is 0 Å². The molecule has 2 atom stereocenters. The highest BCUT2D eigenvalue weighted by atomic mass is 16.3. The first kappa shape index (κ1) is 10.6. The van der Waals surface area contributed by atoms with Crippen LogP contribution in [0.3, 0.4) is 0 Å². The molecule has 1 aromatic heterocycles. The average molecular weight is 209 g/mol. The molecule has 0 aromatic carbocycles. The van der Waals surface area contributed by atoms with E-state index in [-0.39, 0.29) is 6.10 Å². The molecular formula is C11H19N3O. The summed E-state index contributed by atoms with van der Waals surface area (Å²) in [5, 5.41) is 17.1. The van der Waals surface area contributed by atoms with Gasteiger partial charge in [0.15, 0.2) is 0 Å². The predicted octanol–water partition coefficient (Wildman–Crippen LogP) is 0.466. The fourth-order valence-electron chi connectivity index (χ4n) is 2.18. The fourth-order valence-corrected chi connectivity index (χ4v) is 2.18. The minimum absolute atomic E-state index is 0.140. The van der Waals surface area contributed by atoms with Crippen molar-refractivity contribution in [2.24, 2.45) is 7.05 Å². The summed E-state index contributed by atoms with van der Waals surface area (Å²) < 4.78 is 1.82. The molecule has 1 fully saturated rings. The molecule has 1 saturated carbocycles. The van der Waals surface area contributed by atoms with Crippen molar-refractivity contribution < 1.29 is 5.11 Å². The summed E-state index contributed by atoms with van der Waals surface area (Å²) in [6.45, 7) is 0.924. The maximum Gasteiger partial charge on any atom is 0.0693 e. The Morgan fingerprint density at radius 1 is 1.60 bits per heavy atom. The van der Waals surface area contributed by atoms with E-state index in [1.807, 2.05) is 24.1 Å². The zero-order valence-electron chi connectivity index (χ0n) is 9.19. The smallest absolute Gasteiger partial charge is 0.0693 e. The zero-order chi connectivity index (χ0) is 10.7. The van der Waals surface area contributed by atoms with Gasteiger partial charge < -0.3 is 10.4 Å². The Kier molecular flexibility index (Phi) is 3.38. The van der Waals surface area contributed by atoms with Crippen molar-refractivity contribution in [2.75, 3.05) is 6.54 Å². The van der Waals surface area contributed by atoms with Crippen molar-refractivity contribution in [1.29, 1.82) is 0 Å². The highest BCUT2D eigenvalue weighted by Crippen LogP contribution is 2.18. The van der Waals surface area contributed by atoms with E-state index in [0.717, 1.165) is 32.2 Å². The number of nitrogens with one attached hydrogen (secondary N) is 1. The summed E-state index contributed by atoms with van der Waals surface area (Å²) in [4.78, 5) is 0. The Hall–Kier alpha value is -0.870. The van der Waals surface area contributed by atoms with Gasteiger partial charge in [-0.15, -0.1) is 0 Å². The molecule has 0 amide bonds. The van der Waals surface area contributed by atoms with E-state index in [1.54, 1.807) is 0 Å². The average Bonchev–Trinajstić information content (AvgIpc) is 2.77. The summed E-state index contributed by atoms with van der Waals surface area (Å²) in [6.07, 6.45) is 7.97. The van der Waals surface area contributed by atoms with Gasteiger partial charge in [0.1, 0.15) is 0 Å². The van der Waals surface area contributed by atoms with Crippen molar-refractivity contribution in [3.8, 4) is 0 Å². The molecule has 1 heterocycles. The Morgan fingerprint density at radius 3 is 3.07 bits per heavy atom. The summed E-state index contributed by atoms with van der Waals surface area (Å²) in [6, 6.07) is 0.307. The largest absolute Gasteiger partial charge is 0.392 e. The number of aliphatic hydroxyl groups excluding tert-OH is 1. The van der Waals surface area contributed by atoms with Gasteiger partial charge >= 0.3 is 0 Å². The van der Waals surface area contributed by atoms with E-state index in [4.69, 9.17) is 0 Å². The molecule has 0 aliphatic heterocycles. The number of aromatic nitrogens is 2. The van der Waals surface area contributed by atoms with E-state index >= 15 is 0 Å². The third-order valence-corrected chi connectivity index (χ3v) is 3.06. The number of aryl methyl sites for hydroxylation is 1. The standard InChI is InChI=1S/C11H19N3O/c1-14-8-9(7-13-14)5-6-12-10-3-2-4-11(10)15/h7-8,10-12,15H,2-6H2,1H3. The highest BCUT2D eigenvalue weighted by molar-refractivity contribution is 5.04. The highest BCUT2D eigenvalue weighted by Gasteiger charge is 2.23. The van der Waals surface area contributed by atoms with Crippen LogP contribution in [-0.4, -0.2) is 33.6 Å². The van der Waals surface area contributed by atoms with Crippen molar-refractivity contribution in [3.05, 3.63) is 18.0 Å². The lowest BCUT2D eigenvalue weighted by molar-refractivity contribution is 0.149. The van der Waals surface area contributed by atoms with E-state index in [1.165, 1.54) is 5.56 Å². The maximum atomic E-state index is 9.61. The molecule has 84 valence electrons. The molecule has 4 heteroatoms. The van der Waals surface area contributed by atoms with Crippen molar-refractivity contribution >= 4 is 0 Å². The van der Waals surface area contributed by atoms with Crippen molar-refractivity contribution in [1.82, 2.24) is 15.1 Å². The third-order valence-electron chi connectivity index (χ3n) is 3.06. The van der Waals surface area contributed by atoms with Crippen LogP contribution in [0.1, 0.15) is 24.8 Å². The van der Waals surface area contributed by atoms with Crippen LogP contribution in [0.4, 0.5) is 0 Å². The first-order valence-corrected chi connectivity index (χ1v) is 5.64. The first-order valence-electron chi connectivity index (χ1n) is 5.64. The Morgan fingerprint density at radius 2 is 2.47 bits per heavy atom. The van der Waals surface area contributed by atoms with Crippen LogP contribution in [0.15, 0.2) is 12.4 Å². The Balaban J connectivity index is 1.70. The molecule has 2 unspecified atom stereocenters. The maximum absolute atomic E-state index is 9.61. The van der Waals surface area contributed by atoms with Gasteiger partial charge in [0.2, 0.25) is 0 Å². The quantitative estimate of drug-likeness (QED) is 0.757. The number of rotatable bonds is 4. The molecular weight excluding hydrogens is 190 g/mol. The van der Waals surface area contributed by atoms with Gasteiger partial charge in [-0.2, -0.15) is 5.10 Å². The SMILES string of the molecule is Cn1cc(CCNC2CCCC2O)cn1. The number of hydrogen-bond donors (Lipinski definition) is 2. The number of hydrogen-bond acceptors (Lipinski definition) is 3. The van der Waals surface area contributed by atoms with Crippen molar-refractivity contribution in [3.63, 3.8) is 0 Å². The molecule has 1 aliphatic rings. The van der Waals surface area contributed by atoms with E-state index in [9.17, 15) is 5.11 Å². The molecule has 2 rings (SSSR count). The third kappa shape index (κ3) is 2.79. The Bertz CT molecular complexity index is 311. The number of nitrogens with zero attached hydrogens (tertiary/aromatic N) is 2. The van der Waals surface area contributed by atoms with Gasteiger partial charge in [-0.05, 0) is 37.8 Å². The molecule has 15 heavy (non-hydrogen) atoms. The van der Waals surface area contributed by atoms with E-state index in [2.05, 4.69) is 10.4 Å². The zero-order valence-corrected chi connectivity index (χ0v) is 9.19. The second-order valence-corrected chi connectivity index (χ2v) is 4.33. The second kappa shape index (κ2) is 4.77. The molecule has 0 saturated heterocycles. The lowest BCUT2D eigenvalue weighted by atomic mass is 10.2. The topological polar surface area (TPSA) is 50.1 Å². The minimum Gasteiger partial charge on any atom is -0.392 e. The molecule has 0 spiro atoms. The molecule has 1 aromatic rings. The molecule has 1 aliphatic carbocycles. The summed E-state index contributed by atoms with van der Waals surface area (Å²) in [5.74, 6) is 0. The summed E-state index contributed by atoms with van der Waals surface area (Å²) in [5.41, 5.74) is 1.25. The lowest BCUT2D eigenvalue weighted by Gasteiger charge is -2.15. The second-order valence-electron chi connectivity index (χ2n) is 4.33. The van der Waals surface area contributed by atoms with Crippen LogP contribution >= 0.6 is 0 Å². The molecule has 0 bridgehead atoms. The van der Waals surface area contributed by atoms with Gasteiger partial charge in [0.05, 0.1) is 12.3 Å². The van der Waals surface area contributed by atoms with E-state index in [0.29, 0.717) is 6.04 Å². The summed E-state index contributed by atoms with van der Waals surface area (Å²) >= 11 is 0. The Labute approximate surface area is 90.3 Å². The molecule has 0 radical (unpaired) electrons. The van der Waals surface area contributed by atoms with Crippen LogP contribution in [0, 0.1) is 0 Å². The van der Waals surface area contributed by atoms with Gasteiger partial charge in [0, 0.05) is 19.3 Å². The first-order chi connectivity index (χ1) is 7.25. The summed E-state index contributed by atoms with van der Waals surface area (Å²) in [7, 11) is 1.93. The fraction of sp³-hybridized carbons (Fsp3) is 0.727. The van der Waals surface area contributed by atoms with Crippen LogP contribution < -0.4 is 5.32 Å². The van der Waals surface area contributed by atoms with Crippen LogP contribution in [0.2, 0.25) is 0 Å². The normalized spacial score (nSPS) is 26.0. The van der Waals surface area contributed by atoms with Crippen LogP contribution in [-0.2, 0) is 13.5 Å². The minimum atomic E-state index is -0.140. The molecule has 4 nitrogen and oxygen atoms in total. The van der Waals surface area contributed by atoms with Crippen LogP contribution in [0.25, 0.3) is 0 Å². The van der Waals surface area contributed by atoms with Gasteiger partial charge in [-0.3, -0.25) is 4.68 Å². The van der Waals surface area contributed by atoms with Gasteiger partial charge in [-0.25, -0.2) is 0 Å². The van der Waals surface area contributed by atoms with Crippen molar-refractivity contribution in [2.45, 2.75) is 37.8 Å².